The van der Waals surface area contributed by atoms with Gasteiger partial charge in [-0.25, -0.2) is 0 Å². The molecule has 7 heteroatoms. The predicted molar refractivity (Wildman–Crippen MR) is 119 cm³/mol. The monoisotopic (exact) mass is 421 g/mol. The Balaban J connectivity index is 1.47. The fourth-order valence-electron chi connectivity index (χ4n) is 4.02. The molecular formula is C23H27N5OS. The highest BCUT2D eigenvalue weighted by molar-refractivity contribution is 7.98. The van der Waals surface area contributed by atoms with Gasteiger partial charge in [-0.05, 0) is 52.9 Å². The zero-order valence-electron chi connectivity index (χ0n) is 17.4. The van der Waals surface area contributed by atoms with Crippen molar-refractivity contribution in [2.24, 2.45) is 11.8 Å². The standard InChI is InChI=1S/C23H27N5OS/c1-16-9-8-13-20(17(16)2)24-23(29)19-12-6-7-14-21(19)30-15-22-25-26-27-28(22)18-10-4-3-5-11-18/h3-7,10-12,14,16-17,20H,8-9,13,15H2,1-2H3,(H,24,29). The zero-order chi connectivity index (χ0) is 20.9. The number of hydrogen-bond acceptors (Lipinski definition) is 5. The maximum absolute atomic E-state index is 13.1. The van der Waals surface area contributed by atoms with Crippen LogP contribution in [0, 0.1) is 11.8 Å². The van der Waals surface area contributed by atoms with Crippen LogP contribution in [0.4, 0.5) is 0 Å². The smallest absolute Gasteiger partial charge is 0.252 e. The molecule has 3 aromatic rings. The predicted octanol–water partition coefficient (Wildman–Crippen LogP) is 4.51. The molecule has 30 heavy (non-hydrogen) atoms. The Kier molecular flexibility index (Phi) is 6.47. The van der Waals surface area contributed by atoms with Gasteiger partial charge in [-0.3, -0.25) is 4.79 Å². The molecule has 156 valence electrons. The van der Waals surface area contributed by atoms with Crippen LogP contribution in [0.2, 0.25) is 0 Å². The first kappa shape index (κ1) is 20.6. The van der Waals surface area contributed by atoms with Gasteiger partial charge in [0.25, 0.3) is 5.91 Å². The summed E-state index contributed by atoms with van der Waals surface area (Å²) in [5.74, 6) is 2.47. The number of nitrogens with one attached hydrogen (secondary N) is 1. The summed E-state index contributed by atoms with van der Waals surface area (Å²) in [5.41, 5.74) is 1.64. The first-order valence-electron chi connectivity index (χ1n) is 10.5. The van der Waals surface area contributed by atoms with Gasteiger partial charge in [-0.1, -0.05) is 57.0 Å². The van der Waals surface area contributed by atoms with E-state index in [-0.39, 0.29) is 11.9 Å². The van der Waals surface area contributed by atoms with E-state index in [1.807, 2.05) is 54.6 Å². The van der Waals surface area contributed by atoms with Crippen molar-refractivity contribution in [2.45, 2.75) is 49.8 Å². The lowest BCUT2D eigenvalue weighted by atomic mass is 9.78. The number of carbonyl (C=O) groups excluding carboxylic acids is 1. The number of hydrogen-bond donors (Lipinski definition) is 1. The summed E-state index contributed by atoms with van der Waals surface area (Å²) in [6.45, 7) is 4.53. The lowest BCUT2D eigenvalue weighted by Crippen LogP contribution is -2.43. The molecule has 1 aliphatic carbocycles. The van der Waals surface area contributed by atoms with Crippen molar-refractivity contribution < 1.29 is 4.79 Å². The van der Waals surface area contributed by atoms with Crippen molar-refractivity contribution in [3.63, 3.8) is 0 Å². The normalized spacial score (nSPS) is 21.3. The van der Waals surface area contributed by atoms with Crippen LogP contribution < -0.4 is 5.32 Å². The zero-order valence-corrected chi connectivity index (χ0v) is 18.2. The Morgan fingerprint density at radius 3 is 2.70 bits per heavy atom. The third-order valence-electron chi connectivity index (χ3n) is 6.05. The summed E-state index contributed by atoms with van der Waals surface area (Å²) in [6, 6.07) is 17.8. The number of rotatable bonds is 6. The van der Waals surface area contributed by atoms with Crippen LogP contribution in [-0.4, -0.2) is 32.2 Å². The van der Waals surface area contributed by atoms with E-state index in [1.54, 1.807) is 16.4 Å². The highest BCUT2D eigenvalue weighted by Crippen LogP contribution is 2.31. The molecule has 1 aliphatic rings. The molecule has 6 nitrogen and oxygen atoms in total. The molecule has 4 rings (SSSR count). The van der Waals surface area contributed by atoms with E-state index in [9.17, 15) is 4.79 Å². The second kappa shape index (κ2) is 9.43. The maximum Gasteiger partial charge on any atom is 0.252 e. The van der Waals surface area contributed by atoms with Crippen LogP contribution in [0.3, 0.4) is 0 Å². The van der Waals surface area contributed by atoms with E-state index in [1.165, 1.54) is 12.8 Å². The first-order valence-corrected chi connectivity index (χ1v) is 11.5. The van der Waals surface area contributed by atoms with Gasteiger partial charge in [0.05, 0.1) is 17.0 Å². The number of para-hydroxylation sites is 1. The number of aromatic nitrogens is 4. The highest BCUT2D eigenvalue weighted by Gasteiger charge is 2.28. The Morgan fingerprint density at radius 2 is 1.87 bits per heavy atom. The van der Waals surface area contributed by atoms with Crippen LogP contribution in [0.15, 0.2) is 59.5 Å². The van der Waals surface area contributed by atoms with Crippen molar-refractivity contribution in [2.75, 3.05) is 0 Å². The third kappa shape index (κ3) is 4.56. The van der Waals surface area contributed by atoms with Crippen molar-refractivity contribution in [3.05, 3.63) is 66.0 Å². The minimum absolute atomic E-state index is 0.00620. The van der Waals surface area contributed by atoms with Crippen LogP contribution in [-0.2, 0) is 5.75 Å². The molecular weight excluding hydrogens is 394 g/mol. The number of carbonyl (C=O) groups is 1. The molecule has 0 saturated heterocycles. The fourth-order valence-corrected chi connectivity index (χ4v) is 4.98. The molecule has 1 N–H and O–H groups in total. The van der Waals surface area contributed by atoms with Crippen molar-refractivity contribution in [1.82, 2.24) is 25.5 Å². The van der Waals surface area contributed by atoms with Crippen LogP contribution in [0.1, 0.15) is 49.3 Å². The fraction of sp³-hybridized carbons (Fsp3) is 0.391. The average molecular weight is 422 g/mol. The molecule has 0 radical (unpaired) electrons. The largest absolute Gasteiger partial charge is 0.349 e. The van der Waals surface area contributed by atoms with Gasteiger partial charge in [0, 0.05) is 10.9 Å². The minimum Gasteiger partial charge on any atom is -0.349 e. The Labute approximate surface area is 181 Å². The van der Waals surface area contributed by atoms with Crippen LogP contribution in [0.25, 0.3) is 5.69 Å². The molecule has 1 aromatic heterocycles. The minimum atomic E-state index is 0.00620. The molecule has 0 bridgehead atoms. The highest BCUT2D eigenvalue weighted by atomic mass is 32.2. The van der Waals surface area contributed by atoms with E-state index < -0.39 is 0 Å². The van der Waals surface area contributed by atoms with Gasteiger partial charge >= 0.3 is 0 Å². The summed E-state index contributed by atoms with van der Waals surface area (Å²) in [7, 11) is 0. The molecule has 3 unspecified atom stereocenters. The second-order valence-corrected chi connectivity index (χ2v) is 8.99. The lowest BCUT2D eigenvalue weighted by molar-refractivity contribution is 0.0888. The Morgan fingerprint density at radius 1 is 1.10 bits per heavy atom. The van der Waals surface area contributed by atoms with Gasteiger partial charge in [-0.15, -0.1) is 16.9 Å². The van der Waals surface area contributed by atoms with Crippen molar-refractivity contribution in [3.8, 4) is 5.69 Å². The third-order valence-corrected chi connectivity index (χ3v) is 7.12. The van der Waals surface area contributed by atoms with Crippen molar-refractivity contribution in [1.29, 1.82) is 0 Å². The van der Waals surface area contributed by atoms with Crippen LogP contribution >= 0.6 is 11.8 Å². The van der Waals surface area contributed by atoms with Gasteiger partial charge in [0.15, 0.2) is 5.82 Å². The topological polar surface area (TPSA) is 72.7 Å². The summed E-state index contributed by atoms with van der Waals surface area (Å²) >= 11 is 1.58. The van der Waals surface area contributed by atoms with Crippen molar-refractivity contribution >= 4 is 17.7 Å². The van der Waals surface area contributed by atoms with E-state index in [4.69, 9.17) is 0 Å². The summed E-state index contributed by atoms with van der Waals surface area (Å²) in [5, 5.41) is 15.4. The number of benzene rings is 2. The molecule has 3 atom stereocenters. The molecule has 1 saturated carbocycles. The number of nitrogens with zero attached hydrogens (tertiary/aromatic N) is 4. The van der Waals surface area contributed by atoms with E-state index in [0.29, 0.717) is 23.2 Å². The number of tetrazole rings is 1. The summed E-state index contributed by atoms with van der Waals surface area (Å²) < 4.78 is 1.74. The molecule has 1 fully saturated rings. The number of amides is 1. The molecule has 1 amide bonds. The first-order chi connectivity index (χ1) is 14.6. The quantitative estimate of drug-likeness (QED) is 0.593. The Hall–Kier alpha value is -2.67. The Bertz CT molecular complexity index is 990. The molecule has 1 heterocycles. The van der Waals surface area contributed by atoms with E-state index in [2.05, 4.69) is 34.7 Å². The second-order valence-electron chi connectivity index (χ2n) is 7.97. The summed E-state index contributed by atoms with van der Waals surface area (Å²) in [4.78, 5) is 14.0. The number of thioether (sulfide) groups is 1. The molecule has 0 aliphatic heterocycles. The van der Waals surface area contributed by atoms with Crippen LogP contribution in [0.5, 0.6) is 0 Å². The lowest BCUT2D eigenvalue weighted by Gasteiger charge is -2.34. The van der Waals surface area contributed by atoms with E-state index in [0.717, 1.165) is 22.8 Å². The summed E-state index contributed by atoms with van der Waals surface area (Å²) in [6.07, 6.45) is 3.48. The molecule has 0 spiro atoms. The average Bonchev–Trinajstić information content (AvgIpc) is 3.25. The maximum atomic E-state index is 13.1. The van der Waals surface area contributed by atoms with Gasteiger partial charge in [0.1, 0.15) is 0 Å². The van der Waals surface area contributed by atoms with Gasteiger partial charge in [-0.2, -0.15) is 4.68 Å². The van der Waals surface area contributed by atoms with Gasteiger partial charge < -0.3 is 5.32 Å². The molecule has 2 aromatic carbocycles. The van der Waals surface area contributed by atoms with E-state index >= 15 is 0 Å². The van der Waals surface area contributed by atoms with Gasteiger partial charge in [0.2, 0.25) is 0 Å². The SMILES string of the molecule is CC1CCCC(NC(=O)c2ccccc2SCc2nnnn2-c2ccccc2)C1C.